The van der Waals surface area contributed by atoms with E-state index in [1.54, 1.807) is 0 Å². The van der Waals surface area contributed by atoms with Gasteiger partial charge in [-0.05, 0) is 12.1 Å². The molecule has 1 rings (SSSR count). The number of benzene rings is 1. The summed E-state index contributed by atoms with van der Waals surface area (Å²) < 4.78 is 0.159. The number of hydrogen-bond acceptors (Lipinski definition) is 3. The first-order valence-corrected chi connectivity index (χ1v) is 7.28. The highest BCUT2D eigenvalue weighted by Gasteiger charge is 2.32. The van der Waals surface area contributed by atoms with Gasteiger partial charge in [-0.25, -0.2) is 0 Å². The molecule has 0 aromatic heterocycles. The number of nitrogens with zero attached hydrogens (tertiary/aromatic N) is 1. The fraction of sp³-hybridized carbons (Fsp3) is 0.533. The zero-order valence-electron chi connectivity index (χ0n) is 11.7. The molecule has 98 valence electrons. The predicted molar refractivity (Wildman–Crippen MR) is 79.6 cm³/mol. The van der Waals surface area contributed by atoms with Crippen molar-refractivity contribution in [3.05, 3.63) is 35.9 Å². The van der Waals surface area contributed by atoms with E-state index < -0.39 is 5.54 Å². The molecule has 0 amide bonds. The zero-order chi connectivity index (χ0) is 13.6. The average molecular weight is 262 g/mol. The third kappa shape index (κ3) is 4.04. The molecule has 0 spiro atoms. The molecular weight excluding hydrogens is 240 g/mol. The van der Waals surface area contributed by atoms with Crippen LogP contribution in [-0.2, 0) is 5.54 Å². The fourth-order valence-electron chi connectivity index (χ4n) is 1.72. The summed E-state index contributed by atoms with van der Waals surface area (Å²) in [6.07, 6.45) is 0. The Morgan fingerprint density at radius 3 is 2.28 bits per heavy atom. The van der Waals surface area contributed by atoms with Crippen molar-refractivity contribution in [2.45, 2.75) is 38.0 Å². The van der Waals surface area contributed by atoms with Gasteiger partial charge < -0.3 is 0 Å². The van der Waals surface area contributed by atoms with E-state index in [1.165, 1.54) is 0 Å². The van der Waals surface area contributed by atoms with Gasteiger partial charge in [0.1, 0.15) is 5.54 Å². The lowest BCUT2D eigenvalue weighted by molar-refractivity contribution is 0.489. The molecule has 0 bridgehead atoms. The molecule has 0 radical (unpaired) electrons. The quantitative estimate of drug-likeness (QED) is 0.881. The number of nitrogens with one attached hydrogen (secondary N) is 1. The lowest BCUT2D eigenvalue weighted by atomic mass is 9.93. The maximum atomic E-state index is 9.63. The molecule has 0 fully saturated rings. The highest BCUT2D eigenvalue weighted by Crippen LogP contribution is 2.32. The van der Waals surface area contributed by atoms with E-state index >= 15 is 0 Å². The number of nitriles is 1. The minimum atomic E-state index is -0.589. The summed E-state index contributed by atoms with van der Waals surface area (Å²) in [5.74, 6) is 0.755. The van der Waals surface area contributed by atoms with Crippen LogP contribution in [0.4, 0.5) is 0 Å². The van der Waals surface area contributed by atoms with Crippen molar-refractivity contribution in [2.24, 2.45) is 0 Å². The molecule has 0 aliphatic rings. The van der Waals surface area contributed by atoms with Crippen LogP contribution in [0.5, 0.6) is 0 Å². The van der Waals surface area contributed by atoms with Crippen LogP contribution >= 0.6 is 11.8 Å². The summed E-state index contributed by atoms with van der Waals surface area (Å²) >= 11 is 1.81. The second-order valence-corrected chi connectivity index (χ2v) is 7.12. The van der Waals surface area contributed by atoms with Crippen molar-refractivity contribution in [1.82, 2.24) is 5.32 Å². The summed E-state index contributed by atoms with van der Waals surface area (Å²) in [5.41, 5.74) is 0.458. The van der Waals surface area contributed by atoms with E-state index in [0.717, 1.165) is 17.9 Å². The first kappa shape index (κ1) is 15.1. The standard InChI is InChI=1S/C15H22N2S/c1-5-17-15(11-16,12-18-14(2,3)4)13-9-7-6-8-10-13/h6-10,17H,5,12H2,1-4H3. The Kier molecular flexibility index (Phi) is 5.25. The zero-order valence-corrected chi connectivity index (χ0v) is 12.5. The molecule has 0 heterocycles. The highest BCUT2D eigenvalue weighted by atomic mass is 32.2. The Labute approximate surface area is 115 Å². The van der Waals surface area contributed by atoms with Gasteiger partial charge in [0.2, 0.25) is 0 Å². The summed E-state index contributed by atoms with van der Waals surface area (Å²) in [4.78, 5) is 0. The average Bonchev–Trinajstić information content (AvgIpc) is 2.35. The lowest BCUT2D eigenvalue weighted by Gasteiger charge is -2.31. The van der Waals surface area contributed by atoms with Crippen LogP contribution in [0.3, 0.4) is 0 Å². The van der Waals surface area contributed by atoms with Gasteiger partial charge in [0.15, 0.2) is 0 Å². The molecule has 3 heteroatoms. The molecule has 1 unspecified atom stereocenters. The topological polar surface area (TPSA) is 35.8 Å². The van der Waals surface area contributed by atoms with E-state index in [1.807, 2.05) is 49.0 Å². The van der Waals surface area contributed by atoms with Crippen LogP contribution < -0.4 is 5.32 Å². The van der Waals surface area contributed by atoms with Gasteiger partial charge in [-0.2, -0.15) is 17.0 Å². The summed E-state index contributed by atoms with van der Waals surface area (Å²) in [7, 11) is 0. The third-order valence-corrected chi connectivity index (χ3v) is 4.10. The first-order chi connectivity index (χ1) is 8.43. The molecule has 18 heavy (non-hydrogen) atoms. The molecule has 0 saturated heterocycles. The van der Waals surface area contributed by atoms with Crippen LogP contribution in [0.1, 0.15) is 33.3 Å². The van der Waals surface area contributed by atoms with Gasteiger partial charge in [0.25, 0.3) is 0 Å². The van der Waals surface area contributed by atoms with Crippen molar-refractivity contribution >= 4 is 11.8 Å². The molecule has 2 nitrogen and oxygen atoms in total. The van der Waals surface area contributed by atoms with E-state index in [0.29, 0.717) is 0 Å². The number of hydrogen-bond donors (Lipinski definition) is 1. The van der Waals surface area contributed by atoms with Gasteiger partial charge in [-0.15, -0.1) is 0 Å². The molecule has 0 saturated carbocycles. The second kappa shape index (κ2) is 6.26. The highest BCUT2D eigenvalue weighted by molar-refractivity contribution is 8.00. The molecule has 1 aromatic rings. The van der Waals surface area contributed by atoms with Crippen molar-refractivity contribution in [3.63, 3.8) is 0 Å². The molecular formula is C15H22N2S. The minimum absolute atomic E-state index is 0.159. The van der Waals surface area contributed by atoms with Gasteiger partial charge in [-0.3, -0.25) is 5.32 Å². The summed E-state index contributed by atoms with van der Waals surface area (Å²) in [6.45, 7) is 9.36. The maximum absolute atomic E-state index is 9.63. The van der Waals surface area contributed by atoms with Gasteiger partial charge in [0.05, 0.1) is 6.07 Å². The van der Waals surface area contributed by atoms with Gasteiger partial charge in [0, 0.05) is 10.5 Å². The Morgan fingerprint density at radius 2 is 1.83 bits per heavy atom. The van der Waals surface area contributed by atoms with Crippen LogP contribution in [0, 0.1) is 11.3 Å². The monoisotopic (exact) mass is 262 g/mol. The lowest BCUT2D eigenvalue weighted by Crippen LogP contribution is -2.44. The molecule has 0 aliphatic carbocycles. The van der Waals surface area contributed by atoms with Gasteiger partial charge in [-0.1, -0.05) is 58.0 Å². The van der Waals surface area contributed by atoms with E-state index in [-0.39, 0.29) is 4.75 Å². The molecule has 1 atom stereocenters. The Hall–Kier alpha value is -0.980. The van der Waals surface area contributed by atoms with Crippen LogP contribution in [-0.4, -0.2) is 17.0 Å². The SMILES string of the molecule is CCNC(C#N)(CSC(C)(C)C)c1ccccc1. The Balaban J connectivity index is 2.99. The predicted octanol–water partition coefficient (Wildman–Crippen LogP) is 3.55. The fourth-order valence-corrected chi connectivity index (χ4v) is 2.70. The molecule has 1 N–H and O–H groups in total. The Bertz CT molecular complexity index is 403. The summed E-state index contributed by atoms with van der Waals surface area (Å²) in [6, 6.07) is 12.5. The van der Waals surface area contributed by atoms with Crippen LogP contribution in [0.2, 0.25) is 0 Å². The van der Waals surface area contributed by atoms with Crippen LogP contribution in [0.15, 0.2) is 30.3 Å². The van der Waals surface area contributed by atoms with Crippen molar-refractivity contribution in [2.75, 3.05) is 12.3 Å². The number of thioether (sulfide) groups is 1. The molecule has 1 aromatic carbocycles. The maximum Gasteiger partial charge on any atom is 0.141 e. The third-order valence-electron chi connectivity index (χ3n) is 2.66. The largest absolute Gasteiger partial charge is 0.295 e. The normalized spacial score (nSPS) is 14.8. The van der Waals surface area contributed by atoms with Crippen molar-refractivity contribution in [1.29, 1.82) is 5.26 Å². The number of rotatable bonds is 5. The minimum Gasteiger partial charge on any atom is -0.295 e. The first-order valence-electron chi connectivity index (χ1n) is 6.29. The van der Waals surface area contributed by atoms with Crippen molar-refractivity contribution in [3.8, 4) is 6.07 Å². The smallest absolute Gasteiger partial charge is 0.141 e. The summed E-state index contributed by atoms with van der Waals surface area (Å²) in [5, 5.41) is 13.0. The van der Waals surface area contributed by atoms with E-state index in [2.05, 4.69) is 32.2 Å². The van der Waals surface area contributed by atoms with Crippen LogP contribution in [0.25, 0.3) is 0 Å². The van der Waals surface area contributed by atoms with E-state index in [9.17, 15) is 5.26 Å². The van der Waals surface area contributed by atoms with E-state index in [4.69, 9.17) is 0 Å². The Morgan fingerprint density at radius 1 is 1.22 bits per heavy atom. The van der Waals surface area contributed by atoms with Crippen molar-refractivity contribution < 1.29 is 0 Å². The molecule has 0 aliphatic heterocycles. The second-order valence-electron chi connectivity index (χ2n) is 5.31. The van der Waals surface area contributed by atoms with Gasteiger partial charge >= 0.3 is 0 Å².